The molecule has 4 atom stereocenters. The van der Waals surface area contributed by atoms with Gasteiger partial charge < -0.3 is 25.4 Å². The Bertz CT molecular complexity index is 877. The lowest BCUT2D eigenvalue weighted by molar-refractivity contribution is -0.0483. The molecule has 0 amide bonds. The van der Waals surface area contributed by atoms with Gasteiger partial charge in [-0.25, -0.2) is 19.5 Å². The van der Waals surface area contributed by atoms with Crippen LogP contribution in [0.25, 0.3) is 21.6 Å². The highest BCUT2D eigenvalue weighted by atomic mass is 31.2. The Hall–Kier alpha value is -2.31. The number of aliphatic hydroxyl groups excluding tert-OH is 1. The number of aliphatic hydroxyl groups is 1. The highest BCUT2D eigenvalue weighted by Gasteiger charge is 2.45. The number of rotatable bonds is 5. The predicted molar refractivity (Wildman–Crippen MR) is 80.6 cm³/mol. The molecule has 1 unspecified atom stereocenters. The zero-order valence-corrected chi connectivity index (χ0v) is 13.3. The maximum atomic E-state index is 10.9. The van der Waals surface area contributed by atoms with Crippen molar-refractivity contribution in [3.05, 3.63) is 23.1 Å². The summed E-state index contributed by atoms with van der Waals surface area (Å²) in [6, 6.07) is -1.14. The number of fused-ring (bicyclic) bond motifs is 1. The second-order valence-electron chi connectivity index (χ2n) is 5.12. The standard InChI is InChI=1S/C10H13N8O6P/c11-8-6-9(14-2-13-8)18(3-15-6)10-7(19)5(16-17-12)4(24-10)1-23-25(20,21)22/h2-5,7,10,19H,1H2,(H2,11,13,14)(H2,20,21,22)/t4-,5?,7+,10-/m1/s1. The summed E-state index contributed by atoms with van der Waals surface area (Å²) < 4.78 is 22.2. The van der Waals surface area contributed by atoms with Crippen LogP contribution in [0.2, 0.25) is 0 Å². The third-order valence-electron chi connectivity index (χ3n) is 3.59. The molecular weight excluding hydrogens is 359 g/mol. The van der Waals surface area contributed by atoms with Gasteiger partial charge in [-0.05, 0) is 5.53 Å². The number of nitrogens with zero attached hydrogens (tertiary/aromatic N) is 7. The van der Waals surface area contributed by atoms with Crippen molar-refractivity contribution in [1.29, 1.82) is 0 Å². The zero-order chi connectivity index (χ0) is 18.2. The van der Waals surface area contributed by atoms with Gasteiger partial charge in [-0.2, -0.15) is 0 Å². The van der Waals surface area contributed by atoms with Crippen LogP contribution >= 0.6 is 7.82 Å². The van der Waals surface area contributed by atoms with Gasteiger partial charge in [0.15, 0.2) is 17.7 Å². The molecule has 1 fully saturated rings. The number of phosphoric ester groups is 1. The first-order valence-electron chi connectivity index (χ1n) is 6.82. The molecule has 0 bridgehead atoms. The summed E-state index contributed by atoms with van der Waals surface area (Å²) >= 11 is 0. The van der Waals surface area contributed by atoms with E-state index in [4.69, 9.17) is 25.8 Å². The average molecular weight is 372 g/mol. The third kappa shape index (κ3) is 3.41. The van der Waals surface area contributed by atoms with E-state index < -0.39 is 38.9 Å². The summed E-state index contributed by atoms with van der Waals surface area (Å²) in [5, 5.41) is 13.8. The van der Waals surface area contributed by atoms with E-state index in [0.29, 0.717) is 0 Å². The van der Waals surface area contributed by atoms with Crippen molar-refractivity contribution in [2.24, 2.45) is 5.11 Å². The number of nitrogens with two attached hydrogens (primary N) is 1. The van der Waals surface area contributed by atoms with Gasteiger partial charge in [-0.3, -0.25) is 9.09 Å². The summed E-state index contributed by atoms with van der Waals surface area (Å²) in [5.74, 6) is 0.129. The second-order valence-corrected chi connectivity index (χ2v) is 6.36. The fourth-order valence-electron chi connectivity index (χ4n) is 2.53. The SMILES string of the molecule is [N-]=[N+]=NC1[C@@H](COP(=O)(O)O)O[C@@H](n2cnc3c(N)ncnc32)[C@H]1O. The van der Waals surface area contributed by atoms with Crippen molar-refractivity contribution < 1.29 is 28.7 Å². The smallest absolute Gasteiger partial charge is 0.388 e. The number of imidazole rings is 1. The number of hydrogen-bond acceptors (Lipinski definition) is 9. The summed E-state index contributed by atoms with van der Waals surface area (Å²) in [6.07, 6.45) is -1.01. The molecule has 1 saturated heterocycles. The lowest BCUT2D eigenvalue weighted by Gasteiger charge is -2.16. The molecular formula is C10H13N8O6P. The number of phosphoric acid groups is 1. The molecule has 2 aromatic rings. The molecule has 134 valence electrons. The molecule has 0 saturated carbocycles. The number of azide groups is 1. The minimum absolute atomic E-state index is 0.129. The van der Waals surface area contributed by atoms with Crippen LogP contribution in [-0.2, 0) is 13.8 Å². The normalized spacial score (nSPS) is 26.7. The molecule has 0 aliphatic carbocycles. The van der Waals surface area contributed by atoms with Crippen LogP contribution in [0.4, 0.5) is 5.82 Å². The number of anilines is 1. The summed E-state index contributed by atoms with van der Waals surface area (Å²) in [4.78, 5) is 32.1. The Morgan fingerprint density at radius 3 is 2.92 bits per heavy atom. The van der Waals surface area contributed by atoms with Crippen LogP contribution in [0.15, 0.2) is 17.8 Å². The minimum Gasteiger partial charge on any atom is -0.388 e. The van der Waals surface area contributed by atoms with E-state index in [9.17, 15) is 9.67 Å². The van der Waals surface area contributed by atoms with E-state index in [1.54, 1.807) is 0 Å². The van der Waals surface area contributed by atoms with Gasteiger partial charge in [-0.15, -0.1) is 0 Å². The van der Waals surface area contributed by atoms with Crippen LogP contribution in [0, 0.1) is 0 Å². The van der Waals surface area contributed by atoms with Gasteiger partial charge in [0.25, 0.3) is 0 Å². The topological polar surface area (TPSA) is 215 Å². The highest BCUT2D eigenvalue weighted by molar-refractivity contribution is 7.46. The first kappa shape index (κ1) is 17.5. The number of hydrogen-bond donors (Lipinski definition) is 4. The maximum Gasteiger partial charge on any atom is 0.469 e. The monoisotopic (exact) mass is 372 g/mol. The van der Waals surface area contributed by atoms with E-state index >= 15 is 0 Å². The fourth-order valence-corrected chi connectivity index (χ4v) is 2.87. The third-order valence-corrected chi connectivity index (χ3v) is 4.08. The van der Waals surface area contributed by atoms with Gasteiger partial charge in [-0.1, -0.05) is 5.11 Å². The molecule has 25 heavy (non-hydrogen) atoms. The molecule has 5 N–H and O–H groups in total. The molecule has 14 nitrogen and oxygen atoms in total. The van der Waals surface area contributed by atoms with Gasteiger partial charge in [0, 0.05) is 4.91 Å². The Labute approximate surface area is 139 Å². The molecule has 15 heteroatoms. The molecule has 1 aliphatic heterocycles. The second kappa shape index (κ2) is 6.54. The lowest BCUT2D eigenvalue weighted by atomic mass is 10.1. The summed E-state index contributed by atoms with van der Waals surface area (Å²) in [7, 11) is -4.76. The Balaban J connectivity index is 1.92. The molecule has 3 heterocycles. The first-order chi connectivity index (χ1) is 11.8. The van der Waals surface area contributed by atoms with Crippen LogP contribution in [-0.4, -0.2) is 59.3 Å². The molecule has 2 aromatic heterocycles. The predicted octanol–water partition coefficient (Wildman–Crippen LogP) is -0.545. The number of aromatic nitrogens is 4. The van der Waals surface area contributed by atoms with Gasteiger partial charge in [0.05, 0.1) is 25.1 Å². The van der Waals surface area contributed by atoms with Gasteiger partial charge in [0.2, 0.25) is 0 Å². The van der Waals surface area contributed by atoms with E-state index in [0.717, 1.165) is 0 Å². The summed E-state index contributed by atoms with van der Waals surface area (Å²) in [6.45, 7) is -0.592. The average Bonchev–Trinajstić information content (AvgIpc) is 3.09. The van der Waals surface area contributed by atoms with Crippen LogP contribution < -0.4 is 5.73 Å². The van der Waals surface area contributed by atoms with Gasteiger partial charge in [0.1, 0.15) is 17.9 Å². The zero-order valence-electron chi connectivity index (χ0n) is 12.4. The van der Waals surface area contributed by atoms with Crippen molar-refractivity contribution in [3.8, 4) is 0 Å². The highest BCUT2D eigenvalue weighted by Crippen LogP contribution is 2.39. The maximum absolute atomic E-state index is 10.9. The van der Waals surface area contributed by atoms with Crippen molar-refractivity contribution in [2.45, 2.75) is 24.5 Å². The Morgan fingerprint density at radius 2 is 2.24 bits per heavy atom. The number of nitrogen functional groups attached to an aromatic ring is 1. The lowest BCUT2D eigenvalue weighted by Crippen LogP contribution is -2.32. The number of ether oxygens (including phenoxy) is 1. The van der Waals surface area contributed by atoms with Crippen LogP contribution in [0.5, 0.6) is 0 Å². The van der Waals surface area contributed by atoms with Crippen molar-refractivity contribution >= 4 is 24.8 Å². The van der Waals surface area contributed by atoms with Crippen molar-refractivity contribution in [2.75, 3.05) is 12.3 Å². The molecule has 1 aliphatic rings. The minimum atomic E-state index is -4.76. The van der Waals surface area contributed by atoms with Crippen LogP contribution in [0.1, 0.15) is 6.23 Å². The molecule has 0 radical (unpaired) electrons. The molecule has 3 rings (SSSR count). The first-order valence-corrected chi connectivity index (χ1v) is 8.35. The van der Waals surface area contributed by atoms with E-state index in [1.165, 1.54) is 17.2 Å². The van der Waals surface area contributed by atoms with Crippen molar-refractivity contribution in [3.63, 3.8) is 0 Å². The fraction of sp³-hybridized carbons (Fsp3) is 0.500. The van der Waals surface area contributed by atoms with E-state index in [-0.39, 0.29) is 17.0 Å². The quantitative estimate of drug-likeness (QED) is 0.227. The summed E-state index contributed by atoms with van der Waals surface area (Å²) in [5.41, 5.74) is 14.9. The molecule has 0 aromatic carbocycles. The van der Waals surface area contributed by atoms with E-state index in [1.807, 2.05) is 0 Å². The Kier molecular flexibility index (Phi) is 4.58. The van der Waals surface area contributed by atoms with Gasteiger partial charge >= 0.3 is 7.82 Å². The van der Waals surface area contributed by atoms with Crippen LogP contribution in [0.3, 0.4) is 0 Å². The van der Waals surface area contributed by atoms with Crippen molar-refractivity contribution in [1.82, 2.24) is 19.5 Å². The Morgan fingerprint density at radius 1 is 1.48 bits per heavy atom. The molecule has 0 spiro atoms. The van der Waals surface area contributed by atoms with E-state index in [2.05, 4.69) is 29.5 Å². The largest absolute Gasteiger partial charge is 0.469 e.